The van der Waals surface area contributed by atoms with Gasteiger partial charge in [0, 0.05) is 11.8 Å². The highest BCUT2D eigenvalue weighted by Crippen LogP contribution is 2.25. The number of nitrogens with two attached hydrogens (primary N) is 1. The molecule has 0 saturated carbocycles. The molecule has 0 spiro atoms. The van der Waals surface area contributed by atoms with Gasteiger partial charge in [0.1, 0.15) is 0 Å². The molecule has 0 saturated heterocycles. The molecule has 1 unspecified atom stereocenters. The van der Waals surface area contributed by atoms with Gasteiger partial charge >= 0.3 is 0 Å². The molecule has 1 aromatic carbocycles. The molecule has 2 heteroatoms. The van der Waals surface area contributed by atoms with Gasteiger partial charge in [0.25, 0.3) is 0 Å². The van der Waals surface area contributed by atoms with Crippen LogP contribution in [0.5, 0.6) is 0 Å². The van der Waals surface area contributed by atoms with Gasteiger partial charge < -0.3 is 5.73 Å². The first-order chi connectivity index (χ1) is 8.22. The van der Waals surface area contributed by atoms with E-state index in [1.54, 1.807) is 6.20 Å². The summed E-state index contributed by atoms with van der Waals surface area (Å²) in [5.41, 5.74) is 9.95. The Morgan fingerprint density at radius 2 is 1.88 bits per heavy atom. The molecule has 88 valence electrons. The molecule has 0 aliphatic rings. The molecule has 0 aliphatic heterocycles. The predicted molar refractivity (Wildman–Crippen MR) is 72.8 cm³/mol. The number of rotatable bonds is 3. The van der Waals surface area contributed by atoms with Crippen LogP contribution in [0.4, 0.5) is 5.69 Å². The summed E-state index contributed by atoms with van der Waals surface area (Å²) in [5, 5.41) is 0. The zero-order valence-corrected chi connectivity index (χ0v) is 10.4. The summed E-state index contributed by atoms with van der Waals surface area (Å²) >= 11 is 0. The van der Waals surface area contributed by atoms with Gasteiger partial charge in [0.05, 0.1) is 11.4 Å². The summed E-state index contributed by atoms with van der Waals surface area (Å²) in [5.74, 6) is 0.602. The van der Waals surface area contributed by atoms with Crippen molar-refractivity contribution in [2.45, 2.75) is 26.2 Å². The van der Waals surface area contributed by atoms with Crippen molar-refractivity contribution < 1.29 is 0 Å². The van der Waals surface area contributed by atoms with Crippen LogP contribution in [0.3, 0.4) is 0 Å². The topological polar surface area (TPSA) is 38.9 Å². The molecule has 0 fully saturated rings. The lowest BCUT2D eigenvalue weighted by molar-refractivity contribution is 0.734. The molecule has 1 atom stereocenters. The Morgan fingerprint density at radius 1 is 1.18 bits per heavy atom. The number of pyridine rings is 1. The van der Waals surface area contributed by atoms with Crippen molar-refractivity contribution in [2.24, 2.45) is 0 Å². The highest BCUT2D eigenvalue weighted by Gasteiger charge is 2.05. The lowest BCUT2D eigenvalue weighted by Crippen LogP contribution is -1.94. The Hall–Kier alpha value is -1.83. The molecule has 1 aromatic heterocycles. The average Bonchev–Trinajstić information content (AvgIpc) is 2.39. The molecule has 0 aliphatic carbocycles. The van der Waals surface area contributed by atoms with E-state index in [0.717, 1.165) is 23.4 Å². The predicted octanol–water partition coefficient (Wildman–Crippen LogP) is 3.84. The number of aromatic nitrogens is 1. The van der Waals surface area contributed by atoms with E-state index in [1.807, 2.05) is 12.1 Å². The van der Waals surface area contributed by atoms with E-state index in [4.69, 9.17) is 5.73 Å². The Labute approximate surface area is 103 Å². The maximum atomic E-state index is 5.91. The first-order valence-electron chi connectivity index (χ1n) is 6.03. The van der Waals surface area contributed by atoms with Crippen LogP contribution in [0.1, 0.15) is 31.7 Å². The van der Waals surface area contributed by atoms with Gasteiger partial charge in [-0.2, -0.15) is 0 Å². The molecular weight excluding hydrogens is 208 g/mol. The second-order valence-electron chi connectivity index (χ2n) is 4.37. The second kappa shape index (κ2) is 5.00. The Kier molecular flexibility index (Phi) is 3.43. The zero-order chi connectivity index (χ0) is 12.3. The molecule has 2 aromatic rings. The smallest absolute Gasteiger partial charge is 0.0931 e. The molecule has 0 bridgehead atoms. The Bertz CT molecular complexity index is 489. The Morgan fingerprint density at radius 3 is 2.47 bits per heavy atom. The van der Waals surface area contributed by atoms with Crippen LogP contribution in [0.2, 0.25) is 0 Å². The number of hydrogen-bond donors (Lipinski definition) is 1. The van der Waals surface area contributed by atoms with Crippen molar-refractivity contribution in [3.8, 4) is 11.3 Å². The molecule has 1 heterocycles. The van der Waals surface area contributed by atoms with E-state index >= 15 is 0 Å². The third-order valence-corrected chi connectivity index (χ3v) is 3.20. The standard InChI is InChI=1S/C15H18N2/c1-3-11(2)12-6-8-13(9-7-12)15-14(16)5-4-10-17-15/h4-11H,3,16H2,1-2H3. The van der Waals surface area contributed by atoms with Gasteiger partial charge in [0.15, 0.2) is 0 Å². The van der Waals surface area contributed by atoms with Gasteiger partial charge in [-0.15, -0.1) is 0 Å². The van der Waals surface area contributed by atoms with Crippen LogP contribution < -0.4 is 5.73 Å². The minimum atomic E-state index is 0.602. The summed E-state index contributed by atoms with van der Waals surface area (Å²) in [7, 11) is 0. The summed E-state index contributed by atoms with van der Waals surface area (Å²) in [4.78, 5) is 4.32. The van der Waals surface area contributed by atoms with Crippen LogP contribution in [0.25, 0.3) is 11.3 Å². The van der Waals surface area contributed by atoms with Crippen molar-refractivity contribution in [2.75, 3.05) is 5.73 Å². The summed E-state index contributed by atoms with van der Waals surface area (Å²) in [6.07, 6.45) is 2.93. The maximum absolute atomic E-state index is 5.91. The maximum Gasteiger partial charge on any atom is 0.0931 e. The van der Waals surface area contributed by atoms with E-state index in [0.29, 0.717) is 5.92 Å². The van der Waals surface area contributed by atoms with E-state index < -0.39 is 0 Å². The largest absolute Gasteiger partial charge is 0.397 e. The van der Waals surface area contributed by atoms with Gasteiger partial charge in [0.2, 0.25) is 0 Å². The third-order valence-electron chi connectivity index (χ3n) is 3.20. The molecule has 2 nitrogen and oxygen atoms in total. The van der Waals surface area contributed by atoms with E-state index in [-0.39, 0.29) is 0 Å². The van der Waals surface area contributed by atoms with Gasteiger partial charge in [-0.1, -0.05) is 38.1 Å². The van der Waals surface area contributed by atoms with Crippen molar-refractivity contribution in [3.63, 3.8) is 0 Å². The van der Waals surface area contributed by atoms with Crippen molar-refractivity contribution >= 4 is 5.69 Å². The summed E-state index contributed by atoms with van der Waals surface area (Å²) in [6, 6.07) is 12.3. The highest BCUT2D eigenvalue weighted by molar-refractivity contribution is 5.72. The summed E-state index contributed by atoms with van der Waals surface area (Å²) in [6.45, 7) is 4.44. The van der Waals surface area contributed by atoms with E-state index in [2.05, 4.69) is 43.1 Å². The van der Waals surface area contributed by atoms with Crippen LogP contribution in [-0.2, 0) is 0 Å². The monoisotopic (exact) mass is 226 g/mol. The lowest BCUT2D eigenvalue weighted by Gasteiger charge is -2.10. The van der Waals surface area contributed by atoms with E-state index in [1.165, 1.54) is 5.56 Å². The first-order valence-corrected chi connectivity index (χ1v) is 6.03. The van der Waals surface area contributed by atoms with Gasteiger partial charge in [-0.05, 0) is 30.0 Å². The summed E-state index contributed by atoms with van der Waals surface area (Å²) < 4.78 is 0. The number of benzene rings is 1. The average molecular weight is 226 g/mol. The van der Waals surface area contributed by atoms with Crippen LogP contribution >= 0.6 is 0 Å². The molecule has 17 heavy (non-hydrogen) atoms. The van der Waals surface area contributed by atoms with Crippen LogP contribution in [-0.4, -0.2) is 4.98 Å². The fourth-order valence-corrected chi connectivity index (χ4v) is 1.86. The van der Waals surface area contributed by atoms with Crippen molar-refractivity contribution in [3.05, 3.63) is 48.2 Å². The van der Waals surface area contributed by atoms with Crippen LogP contribution in [0, 0.1) is 0 Å². The fourth-order valence-electron chi connectivity index (χ4n) is 1.86. The SMILES string of the molecule is CCC(C)c1ccc(-c2ncccc2N)cc1. The number of anilines is 1. The van der Waals surface area contributed by atoms with Crippen LogP contribution in [0.15, 0.2) is 42.6 Å². The lowest BCUT2D eigenvalue weighted by atomic mass is 9.97. The molecule has 2 rings (SSSR count). The van der Waals surface area contributed by atoms with Crippen molar-refractivity contribution in [1.29, 1.82) is 0 Å². The molecule has 0 amide bonds. The minimum absolute atomic E-state index is 0.602. The van der Waals surface area contributed by atoms with Gasteiger partial charge in [-0.25, -0.2) is 0 Å². The number of hydrogen-bond acceptors (Lipinski definition) is 2. The second-order valence-corrected chi connectivity index (χ2v) is 4.37. The molecule has 0 radical (unpaired) electrons. The number of nitrogen functional groups attached to an aromatic ring is 1. The van der Waals surface area contributed by atoms with Gasteiger partial charge in [-0.3, -0.25) is 4.98 Å². The minimum Gasteiger partial charge on any atom is -0.397 e. The third kappa shape index (κ3) is 2.47. The first kappa shape index (κ1) is 11.6. The Balaban J connectivity index is 2.33. The fraction of sp³-hybridized carbons (Fsp3) is 0.267. The van der Waals surface area contributed by atoms with E-state index in [9.17, 15) is 0 Å². The number of nitrogens with zero attached hydrogens (tertiary/aromatic N) is 1. The molecule has 2 N–H and O–H groups in total. The quantitative estimate of drug-likeness (QED) is 0.863. The molecular formula is C15H18N2. The normalized spacial score (nSPS) is 12.4. The van der Waals surface area contributed by atoms with Crippen molar-refractivity contribution in [1.82, 2.24) is 4.98 Å². The highest BCUT2D eigenvalue weighted by atomic mass is 14.7. The zero-order valence-electron chi connectivity index (χ0n) is 10.4.